The average molecular weight is 347 g/mol. The Labute approximate surface area is 129 Å². The average Bonchev–Trinajstić information content (AvgIpc) is 2.77. The lowest BCUT2D eigenvalue weighted by Gasteiger charge is -2.03. The van der Waals surface area contributed by atoms with Gasteiger partial charge in [0.05, 0.1) is 0 Å². The van der Waals surface area contributed by atoms with Crippen LogP contribution in [-0.2, 0) is 0 Å². The molecule has 0 aliphatic heterocycles. The highest BCUT2D eigenvalue weighted by Crippen LogP contribution is 2.34. The highest BCUT2D eigenvalue weighted by atomic mass is 79.9. The molecule has 1 heterocycles. The summed E-state index contributed by atoms with van der Waals surface area (Å²) in [6.07, 6.45) is 0. The van der Waals surface area contributed by atoms with Gasteiger partial charge in [0.2, 0.25) is 0 Å². The lowest BCUT2D eigenvalue weighted by atomic mass is 10.1. The van der Waals surface area contributed by atoms with Crippen molar-refractivity contribution in [3.63, 3.8) is 0 Å². The molecule has 0 saturated carbocycles. The third-order valence-corrected chi connectivity index (χ3v) is 3.82. The second-order valence-corrected chi connectivity index (χ2v) is 5.38. The van der Waals surface area contributed by atoms with Gasteiger partial charge in [-0.05, 0) is 34.1 Å². The van der Waals surface area contributed by atoms with Gasteiger partial charge in [0.25, 0.3) is 0 Å². The van der Waals surface area contributed by atoms with Gasteiger partial charge in [0.15, 0.2) is 11.6 Å². The molecule has 0 radical (unpaired) electrons. The summed E-state index contributed by atoms with van der Waals surface area (Å²) in [7, 11) is 0. The predicted octanol–water partition coefficient (Wildman–Crippen LogP) is 3.41. The van der Waals surface area contributed by atoms with E-state index in [1.165, 1.54) is 16.8 Å². The van der Waals surface area contributed by atoms with Crippen LogP contribution < -0.4 is 11.6 Å². The van der Waals surface area contributed by atoms with Crippen molar-refractivity contribution in [1.82, 2.24) is 9.66 Å². The van der Waals surface area contributed by atoms with Crippen molar-refractivity contribution < 1.29 is 4.39 Å². The van der Waals surface area contributed by atoms with Crippen molar-refractivity contribution in [2.75, 3.05) is 11.6 Å². The van der Waals surface area contributed by atoms with Crippen molar-refractivity contribution in [3.8, 4) is 22.6 Å². The van der Waals surface area contributed by atoms with E-state index < -0.39 is 0 Å². The summed E-state index contributed by atoms with van der Waals surface area (Å²) < 4.78 is 15.1. The summed E-state index contributed by atoms with van der Waals surface area (Å²) in [4.78, 5) is 4.50. The molecule has 6 heteroatoms. The summed E-state index contributed by atoms with van der Waals surface area (Å²) in [5, 5.41) is 0. The van der Waals surface area contributed by atoms with E-state index in [9.17, 15) is 4.39 Å². The minimum Gasteiger partial charge on any atom is -0.382 e. The van der Waals surface area contributed by atoms with Gasteiger partial charge in [-0.3, -0.25) is 0 Å². The molecule has 0 bridgehead atoms. The van der Waals surface area contributed by atoms with Crippen LogP contribution in [0.1, 0.15) is 0 Å². The minimum atomic E-state index is -0.334. The van der Waals surface area contributed by atoms with Gasteiger partial charge >= 0.3 is 0 Å². The fourth-order valence-electron chi connectivity index (χ4n) is 2.12. The number of nitrogens with two attached hydrogens (primary N) is 2. The first-order valence-corrected chi connectivity index (χ1v) is 7.01. The molecule has 4 nitrogen and oxygen atoms in total. The van der Waals surface area contributed by atoms with Crippen molar-refractivity contribution in [3.05, 3.63) is 58.8 Å². The number of hydrogen-bond donors (Lipinski definition) is 2. The molecule has 0 atom stereocenters. The van der Waals surface area contributed by atoms with Gasteiger partial charge in [-0.25, -0.2) is 14.1 Å². The summed E-state index contributed by atoms with van der Waals surface area (Å²) in [5.74, 6) is 6.53. The molecule has 2 aromatic carbocycles. The van der Waals surface area contributed by atoms with Crippen LogP contribution in [0.25, 0.3) is 22.6 Å². The zero-order valence-electron chi connectivity index (χ0n) is 10.9. The third-order valence-electron chi connectivity index (χ3n) is 3.17. The fourth-order valence-corrected chi connectivity index (χ4v) is 2.65. The number of benzene rings is 2. The predicted molar refractivity (Wildman–Crippen MR) is 85.3 cm³/mol. The number of hydrogen-bond acceptors (Lipinski definition) is 3. The molecule has 0 aliphatic carbocycles. The van der Waals surface area contributed by atoms with E-state index in [2.05, 4.69) is 20.9 Å². The van der Waals surface area contributed by atoms with Crippen molar-refractivity contribution >= 4 is 21.7 Å². The number of imidazole rings is 1. The zero-order chi connectivity index (χ0) is 15.0. The van der Waals surface area contributed by atoms with Gasteiger partial charge in [-0.1, -0.05) is 30.3 Å². The summed E-state index contributed by atoms with van der Waals surface area (Å²) in [6, 6.07) is 13.8. The van der Waals surface area contributed by atoms with Gasteiger partial charge in [0.1, 0.15) is 11.5 Å². The Bertz CT molecular complexity index is 799. The Morgan fingerprint density at radius 2 is 1.81 bits per heavy atom. The molecule has 0 saturated heterocycles. The summed E-state index contributed by atoms with van der Waals surface area (Å²) in [6.45, 7) is 0. The summed E-state index contributed by atoms with van der Waals surface area (Å²) >= 11 is 3.32. The highest BCUT2D eigenvalue weighted by Gasteiger charge is 2.17. The van der Waals surface area contributed by atoms with E-state index in [4.69, 9.17) is 11.6 Å². The van der Waals surface area contributed by atoms with E-state index in [1.807, 2.05) is 30.3 Å². The minimum absolute atomic E-state index is 0.321. The molecule has 0 fully saturated rings. The Balaban J connectivity index is 2.17. The van der Waals surface area contributed by atoms with Gasteiger partial charge in [-0.2, -0.15) is 0 Å². The van der Waals surface area contributed by atoms with E-state index in [1.54, 1.807) is 6.07 Å². The second kappa shape index (κ2) is 5.21. The molecular weight excluding hydrogens is 335 g/mol. The molecule has 3 rings (SSSR count). The van der Waals surface area contributed by atoms with Crippen LogP contribution in [0.4, 0.5) is 10.2 Å². The topological polar surface area (TPSA) is 69.9 Å². The largest absolute Gasteiger partial charge is 0.382 e. The van der Waals surface area contributed by atoms with Crippen LogP contribution in [0, 0.1) is 5.82 Å². The third kappa shape index (κ3) is 2.38. The Hall–Kier alpha value is -2.34. The summed E-state index contributed by atoms with van der Waals surface area (Å²) in [5.41, 5.74) is 8.11. The van der Waals surface area contributed by atoms with E-state index in [0.29, 0.717) is 27.4 Å². The van der Waals surface area contributed by atoms with Gasteiger partial charge in [-0.15, -0.1) is 0 Å². The lowest BCUT2D eigenvalue weighted by Crippen LogP contribution is -2.13. The zero-order valence-corrected chi connectivity index (χ0v) is 12.5. The van der Waals surface area contributed by atoms with E-state index in [0.717, 1.165) is 5.56 Å². The number of anilines is 1. The first kappa shape index (κ1) is 13.6. The maximum Gasteiger partial charge on any atom is 0.160 e. The van der Waals surface area contributed by atoms with Crippen LogP contribution in [0.2, 0.25) is 0 Å². The SMILES string of the molecule is Nc1c(-c2ccc(F)cc2Br)nc(-c2ccccc2)n1N. The molecule has 0 aliphatic rings. The molecule has 4 N–H and O–H groups in total. The number of nitrogen functional groups attached to an aromatic ring is 2. The smallest absolute Gasteiger partial charge is 0.160 e. The first-order valence-electron chi connectivity index (χ1n) is 6.22. The Morgan fingerprint density at radius 3 is 2.48 bits per heavy atom. The molecular formula is C15H12BrFN4. The van der Waals surface area contributed by atoms with Crippen LogP contribution >= 0.6 is 15.9 Å². The highest BCUT2D eigenvalue weighted by molar-refractivity contribution is 9.10. The molecule has 0 amide bonds. The molecule has 21 heavy (non-hydrogen) atoms. The number of halogens is 2. The molecule has 0 spiro atoms. The van der Waals surface area contributed by atoms with Crippen LogP contribution in [0.15, 0.2) is 53.0 Å². The normalized spacial score (nSPS) is 10.8. The number of aromatic nitrogens is 2. The fraction of sp³-hybridized carbons (Fsp3) is 0. The Kier molecular flexibility index (Phi) is 3.39. The molecule has 3 aromatic rings. The van der Waals surface area contributed by atoms with Crippen molar-refractivity contribution in [2.45, 2.75) is 0 Å². The van der Waals surface area contributed by atoms with Crippen LogP contribution in [0.3, 0.4) is 0 Å². The first-order chi connectivity index (χ1) is 10.1. The Morgan fingerprint density at radius 1 is 1.10 bits per heavy atom. The maximum absolute atomic E-state index is 13.2. The monoisotopic (exact) mass is 346 g/mol. The van der Waals surface area contributed by atoms with Crippen LogP contribution in [0.5, 0.6) is 0 Å². The molecule has 0 unspecified atom stereocenters. The van der Waals surface area contributed by atoms with Crippen LogP contribution in [-0.4, -0.2) is 9.66 Å². The molecule has 1 aromatic heterocycles. The van der Waals surface area contributed by atoms with Gasteiger partial charge < -0.3 is 11.6 Å². The quantitative estimate of drug-likeness (QED) is 0.698. The second-order valence-electron chi connectivity index (χ2n) is 4.53. The van der Waals surface area contributed by atoms with E-state index >= 15 is 0 Å². The van der Waals surface area contributed by atoms with Gasteiger partial charge in [0, 0.05) is 15.6 Å². The number of rotatable bonds is 2. The maximum atomic E-state index is 13.2. The standard InChI is InChI=1S/C15H12BrFN4/c16-12-8-10(17)6-7-11(12)13-14(18)21(19)15(20-13)9-4-2-1-3-5-9/h1-8H,18-19H2. The number of nitrogens with zero attached hydrogens (tertiary/aromatic N) is 2. The van der Waals surface area contributed by atoms with E-state index in [-0.39, 0.29) is 5.82 Å². The molecule has 106 valence electrons. The lowest BCUT2D eigenvalue weighted by molar-refractivity contribution is 0.627. The van der Waals surface area contributed by atoms with Crippen molar-refractivity contribution in [1.29, 1.82) is 0 Å². The van der Waals surface area contributed by atoms with Crippen molar-refractivity contribution in [2.24, 2.45) is 0 Å².